The molecule has 0 unspecified atom stereocenters. The van der Waals surface area contributed by atoms with E-state index in [1.807, 2.05) is 6.92 Å². The van der Waals surface area contributed by atoms with Gasteiger partial charge in [-0.1, -0.05) is 26.0 Å². The molecular formula is C21H28FN3O3S. The van der Waals surface area contributed by atoms with Crippen molar-refractivity contribution in [3.8, 4) is 0 Å². The third-order valence-electron chi connectivity index (χ3n) is 4.73. The average Bonchev–Trinajstić information content (AvgIpc) is 2.70. The van der Waals surface area contributed by atoms with Crippen LogP contribution in [0.1, 0.15) is 39.3 Å². The zero-order valence-electron chi connectivity index (χ0n) is 17.1. The number of carbonyl (C=O) groups excluding carboxylic acids is 1. The number of sulfonamides is 1. The first kappa shape index (κ1) is 23.0. The van der Waals surface area contributed by atoms with Crippen LogP contribution in [0.4, 0.5) is 10.1 Å². The second-order valence-corrected chi connectivity index (χ2v) is 8.70. The van der Waals surface area contributed by atoms with Crippen LogP contribution in [0.25, 0.3) is 0 Å². The molecule has 2 rings (SSSR count). The molecule has 0 saturated heterocycles. The normalized spacial score (nSPS) is 13.9. The van der Waals surface area contributed by atoms with E-state index in [4.69, 9.17) is 0 Å². The van der Waals surface area contributed by atoms with Crippen molar-refractivity contribution in [1.29, 1.82) is 0 Å². The Morgan fingerprint density at radius 2 is 1.55 bits per heavy atom. The standard InChI is InChI=1S/C21H28FN3O3S/c1-5-25(6-2)29(27,28)20-13-7-17(8-14-20)15(3)23-16(4)21(26)24-19-11-9-18(22)10-12-19/h7-16,23H,5-6H2,1-4H3,(H,24,26)/t15-,16-/m0/s1. The minimum Gasteiger partial charge on any atom is -0.325 e. The van der Waals surface area contributed by atoms with Crippen LogP contribution in [-0.4, -0.2) is 37.8 Å². The van der Waals surface area contributed by atoms with Crippen molar-refractivity contribution < 1.29 is 17.6 Å². The molecule has 0 radical (unpaired) electrons. The van der Waals surface area contributed by atoms with Crippen LogP contribution < -0.4 is 10.6 Å². The summed E-state index contributed by atoms with van der Waals surface area (Å²) in [4.78, 5) is 12.6. The number of anilines is 1. The third kappa shape index (κ3) is 5.85. The number of carbonyl (C=O) groups is 1. The van der Waals surface area contributed by atoms with E-state index in [0.29, 0.717) is 18.8 Å². The Morgan fingerprint density at radius 1 is 1.00 bits per heavy atom. The molecule has 29 heavy (non-hydrogen) atoms. The monoisotopic (exact) mass is 421 g/mol. The van der Waals surface area contributed by atoms with Crippen molar-refractivity contribution in [1.82, 2.24) is 9.62 Å². The number of amides is 1. The van der Waals surface area contributed by atoms with Gasteiger partial charge in [0.25, 0.3) is 0 Å². The van der Waals surface area contributed by atoms with Crippen molar-refractivity contribution in [3.05, 3.63) is 59.9 Å². The lowest BCUT2D eigenvalue weighted by molar-refractivity contribution is -0.117. The van der Waals surface area contributed by atoms with Crippen LogP contribution in [0.5, 0.6) is 0 Å². The Morgan fingerprint density at radius 3 is 2.07 bits per heavy atom. The fraction of sp³-hybridized carbons (Fsp3) is 0.381. The van der Waals surface area contributed by atoms with Gasteiger partial charge in [0, 0.05) is 24.8 Å². The van der Waals surface area contributed by atoms with Crippen molar-refractivity contribution in [3.63, 3.8) is 0 Å². The van der Waals surface area contributed by atoms with Gasteiger partial charge >= 0.3 is 0 Å². The van der Waals surface area contributed by atoms with E-state index >= 15 is 0 Å². The van der Waals surface area contributed by atoms with E-state index in [1.54, 1.807) is 45.0 Å². The molecule has 0 aliphatic carbocycles. The molecule has 2 atom stereocenters. The summed E-state index contributed by atoms with van der Waals surface area (Å²) in [7, 11) is -3.50. The predicted molar refractivity (Wildman–Crippen MR) is 113 cm³/mol. The average molecular weight is 422 g/mol. The van der Waals surface area contributed by atoms with Crippen LogP contribution in [-0.2, 0) is 14.8 Å². The molecule has 0 bridgehead atoms. The summed E-state index contributed by atoms with van der Waals surface area (Å²) in [6.07, 6.45) is 0. The van der Waals surface area contributed by atoms with Crippen molar-refractivity contribution in [2.45, 2.75) is 44.7 Å². The highest BCUT2D eigenvalue weighted by Gasteiger charge is 2.22. The highest BCUT2D eigenvalue weighted by molar-refractivity contribution is 7.89. The van der Waals surface area contributed by atoms with Gasteiger partial charge in [-0.05, 0) is 55.8 Å². The fourth-order valence-corrected chi connectivity index (χ4v) is 4.43. The van der Waals surface area contributed by atoms with E-state index < -0.39 is 16.1 Å². The summed E-state index contributed by atoms with van der Waals surface area (Å²) in [6.45, 7) is 8.07. The lowest BCUT2D eigenvalue weighted by atomic mass is 10.1. The number of nitrogens with zero attached hydrogens (tertiary/aromatic N) is 1. The highest BCUT2D eigenvalue weighted by Crippen LogP contribution is 2.20. The number of hydrogen-bond acceptors (Lipinski definition) is 4. The third-order valence-corrected chi connectivity index (χ3v) is 6.79. The molecule has 6 nitrogen and oxygen atoms in total. The molecule has 2 N–H and O–H groups in total. The van der Waals surface area contributed by atoms with Gasteiger partial charge in [-0.2, -0.15) is 4.31 Å². The first-order valence-electron chi connectivity index (χ1n) is 9.61. The second kappa shape index (κ2) is 9.96. The molecule has 0 heterocycles. The molecule has 0 aliphatic heterocycles. The Labute approximate surface area is 172 Å². The minimum atomic E-state index is -3.50. The molecule has 8 heteroatoms. The van der Waals surface area contributed by atoms with Gasteiger partial charge in [0.15, 0.2) is 0 Å². The number of halogens is 1. The molecule has 0 saturated carbocycles. The van der Waals surface area contributed by atoms with Crippen LogP contribution >= 0.6 is 0 Å². The van der Waals surface area contributed by atoms with Gasteiger partial charge in [-0.25, -0.2) is 12.8 Å². The topological polar surface area (TPSA) is 78.5 Å². The van der Waals surface area contributed by atoms with Crippen molar-refractivity contribution >= 4 is 21.6 Å². The molecule has 0 aromatic heterocycles. The maximum absolute atomic E-state index is 13.0. The predicted octanol–water partition coefficient (Wildman–Crippen LogP) is 3.53. The summed E-state index contributed by atoms with van der Waals surface area (Å²) in [5, 5.41) is 5.91. The summed E-state index contributed by atoms with van der Waals surface area (Å²) >= 11 is 0. The number of hydrogen-bond donors (Lipinski definition) is 2. The zero-order valence-corrected chi connectivity index (χ0v) is 18.0. The molecule has 2 aromatic rings. The smallest absolute Gasteiger partial charge is 0.243 e. The van der Waals surface area contributed by atoms with Crippen molar-refractivity contribution in [2.24, 2.45) is 0 Å². The Balaban J connectivity index is 2.02. The van der Waals surface area contributed by atoms with Crippen molar-refractivity contribution in [2.75, 3.05) is 18.4 Å². The largest absolute Gasteiger partial charge is 0.325 e. The molecule has 158 valence electrons. The molecule has 1 amide bonds. The Hall–Kier alpha value is -2.29. The molecule has 2 aromatic carbocycles. The van der Waals surface area contributed by atoms with E-state index in [2.05, 4.69) is 10.6 Å². The van der Waals surface area contributed by atoms with Crippen LogP contribution in [0.2, 0.25) is 0 Å². The van der Waals surface area contributed by atoms with Gasteiger partial charge in [0.1, 0.15) is 5.82 Å². The highest BCUT2D eigenvalue weighted by atomic mass is 32.2. The van der Waals surface area contributed by atoms with Crippen LogP contribution in [0.15, 0.2) is 53.4 Å². The van der Waals surface area contributed by atoms with E-state index in [0.717, 1.165) is 5.56 Å². The molecular weight excluding hydrogens is 393 g/mol. The van der Waals surface area contributed by atoms with E-state index in [-0.39, 0.29) is 22.7 Å². The van der Waals surface area contributed by atoms with E-state index in [9.17, 15) is 17.6 Å². The first-order chi connectivity index (χ1) is 13.7. The number of rotatable bonds is 9. The van der Waals surface area contributed by atoms with Gasteiger partial charge in [0.05, 0.1) is 10.9 Å². The second-order valence-electron chi connectivity index (χ2n) is 6.76. The van der Waals surface area contributed by atoms with Crippen LogP contribution in [0.3, 0.4) is 0 Å². The lowest BCUT2D eigenvalue weighted by Gasteiger charge is -2.21. The van der Waals surface area contributed by atoms with Gasteiger partial charge in [-0.15, -0.1) is 0 Å². The first-order valence-corrected chi connectivity index (χ1v) is 11.1. The maximum Gasteiger partial charge on any atom is 0.243 e. The molecule has 0 spiro atoms. The molecule has 0 aliphatic rings. The van der Waals surface area contributed by atoms with Gasteiger partial charge in [0.2, 0.25) is 15.9 Å². The molecule has 0 fully saturated rings. The summed E-state index contributed by atoms with van der Waals surface area (Å²) in [5.41, 5.74) is 1.38. The lowest BCUT2D eigenvalue weighted by Crippen LogP contribution is -2.39. The maximum atomic E-state index is 13.0. The fourth-order valence-electron chi connectivity index (χ4n) is 2.97. The Kier molecular flexibility index (Phi) is 7.89. The van der Waals surface area contributed by atoms with E-state index in [1.165, 1.54) is 28.6 Å². The Bertz CT molecular complexity index is 911. The summed E-state index contributed by atoms with van der Waals surface area (Å²) in [6, 6.07) is 11.6. The SMILES string of the molecule is CCN(CC)S(=O)(=O)c1ccc([C@H](C)N[C@@H](C)C(=O)Nc2ccc(F)cc2)cc1. The van der Waals surface area contributed by atoms with Crippen LogP contribution in [0, 0.1) is 5.82 Å². The number of benzene rings is 2. The summed E-state index contributed by atoms with van der Waals surface area (Å²) < 4.78 is 39.5. The number of nitrogens with one attached hydrogen (secondary N) is 2. The minimum absolute atomic E-state index is 0.172. The zero-order chi connectivity index (χ0) is 21.6. The van der Waals surface area contributed by atoms with Gasteiger partial charge < -0.3 is 5.32 Å². The summed E-state index contributed by atoms with van der Waals surface area (Å²) in [5.74, 6) is -0.613. The van der Waals surface area contributed by atoms with Gasteiger partial charge in [-0.3, -0.25) is 10.1 Å². The quantitative estimate of drug-likeness (QED) is 0.649.